The van der Waals surface area contributed by atoms with Crippen molar-refractivity contribution in [2.45, 2.75) is 32.5 Å². The lowest BCUT2D eigenvalue weighted by atomic mass is 9.98. The summed E-state index contributed by atoms with van der Waals surface area (Å²) in [4.78, 5) is 18.4. The maximum Gasteiger partial charge on any atom is 0.317 e. The molecule has 130 valence electrons. The minimum Gasteiger partial charge on any atom is -0.378 e. The molecule has 8 nitrogen and oxygen atoms in total. The van der Waals surface area contributed by atoms with Gasteiger partial charge in [-0.05, 0) is 24.8 Å². The normalized spacial score (nSPS) is 17.9. The van der Waals surface area contributed by atoms with Crippen molar-refractivity contribution < 1.29 is 9.53 Å². The van der Waals surface area contributed by atoms with Crippen molar-refractivity contribution in [1.82, 2.24) is 30.0 Å². The van der Waals surface area contributed by atoms with Crippen LogP contribution in [0.4, 0.5) is 4.79 Å². The number of piperidine rings is 1. The number of aromatic nitrogens is 4. The first-order chi connectivity index (χ1) is 11.7. The number of nitrogens with one attached hydrogen (secondary N) is 2. The van der Waals surface area contributed by atoms with Crippen molar-refractivity contribution in [3.8, 4) is 0 Å². The predicted molar refractivity (Wildman–Crippen MR) is 88.1 cm³/mol. The third-order valence-electron chi connectivity index (χ3n) is 4.24. The monoisotopic (exact) mass is 332 g/mol. The summed E-state index contributed by atoms with van der Waals surface area (Å²) in [5, 5.41) is 10.00. The van der Waals surface area contributed by atoms with Gasteiger partial charge in [-0.2, -0.15) is 5.10 Å². The van der Waals surface area contributed by atoms with Crippen LogP contribution in [0.1, 0.15) is 24.2 Å². The van der Waals surface area contributed by atoms with Crippen LogP contribution in [-0.2, 0) is 24.4 Å². The minimum atomic E-state index is -0.0202. The second-order valence-electron chi connectivity index (χ2n) is 6.19. The lowest BCUT2D eigenvalue weighted by Crippen LogP contribution is -2.46. The Bertz CT molecular complexity index is 639. The molecule has 0 spiro atoms. The molecule has 0 radical (unpaired) electrons. The molecule has 3 rings (SSSR count). The number of ether oxygens (including phenoxy) is 1. The molecule has 0 aromatic carbocycles. The zero-order valence-electron chi connectivity index (χ0n) is 13.9. The molecule has 0 saturated carbocycles. The van der Waals surface area contributed by atoms with Gasteiger partial charge in [0.15, 0.2) is 0 Å². The first-order valence-electron chi connectivity index (χ1n) is 8.25. The molecule has 1 aliphatic rings. The van der Waals surface area contributed by atoms with E-state index in [1.54, 1.807) is 13.3 Å². The van der Waals surface area contributed by atoms with Crippen LogP contribution in [-0.4, -0.2) is 50.9 Å². The van der Waals surface area contributed by atoms with Crippen LogP contribution in [0.25, 0.3) is 0 Å². The molecule has 0 aliphatic carbocycles. The molecule has 3 heterocycles. The van der Waals surface area contributed by atoms with Crippen LogP contribution in [0.5, 0.6) is 0 Å². The molecule has 0 unspecified atom stereocenters. The average Bonchev–Trinajstić information content (AvgIpc) is 3.25. The minimum absolute atomic E-state index is 0.0202. The molecule has 8 heteroatoms. The van der Waals surface area contributed by atoms with Crippen LogP contribution in [0.15, 0.2) is 24.8 Å². The number of rotatable bonds is 6. The van der Waals surface area contributed by atoms with Crippen molar-refractivity contribution in [2.24, 2.45) is 5.92 Å². The van der Waals surface area contributed by atoms with Gasteiger partial charge < -0.3 is 19.5 Å². The predicted octanol–water partition coefficient (Wildman–Crippen LogP) is 1.37. The van der Waals surface area contributed by atoms with Gasteiger partial charge in [0.05, 0.1) is 30.9 Å². The third kappa shape index (κ3) is 4.35. The maximum absolute atomic E-state index is 12.4. The van der Waals surface area contributed by atoms with Crippen molar-refractivity contribution in [1.29, 1.82) is 0 Å². The number of H-pyrrole nitrogens is 1. The standard InChI is InChI=1S/C16H24N6O2/c1-24-11-15-7-14(19-20-15)8-18-16(23)22-5-2-3-13(10-22)9-21-6-4-17-12-21/h4,6-7,12-13H,2-3,5,8-11H2,1H3,(H,18,23)(H,19,20)/t13-/m1/s1. The van der Waals surface area contributed by atoms with E-state index in [0.717, 1.165) is 43.9 Å². The zero-order valence-corrected chi connectivity index (χ0v) is 13.9. The maximum atomic E-state index is 12.4. The SMILES string of the molecule is COCc1cc(CNC(=O)N2CCC[C@H](Cn3ccnc3)C2)[nH]n1. The van der Waals surface area contributed by atoms with Gasteiger partial charge in [0.2, 0.25) is 0 Å². The number of amides is 2. The van der Waals surface area contributed by atoms with Gasteiger partial charge in [0, 0.05) is 39.1 Å². The van der Waals surface area contributed by atoms with Gasteiger partial charge in [-0.25, -0.2) is 9.78 Å². The van der Waals surface area contributed by atoms with E-state index in [1.165, 1.54) is 0 Å². The molecular weight excluding hydrogens is 308 g/mol. The number of hydrogen-bond acceptors (Lipinski definition) is 4. The topological polar surface area (TPSA) is 88.1 Å². The van der Waals surface area contributed by atoms with Gasteiger partial charge in [0.1, 0.15) is 0 Å². The Morgan fingerprint density at radius 3 is 3.25 bits per heavy atom. The zero-order chi connectivity index (χ0) is 16.8. The van der Waals surface area contributed by atoms with E-state index in [4.69, 9.17) is 4.74 Å². The van der Waals surface area contributed by atoms with Gasteiger partial charge >= 0.3 is 6.03 Å². The fourth-order valence-corrected chi connectivity index (χ4v) is 3.10. The second kappa shape index (κ2) is 7.96. The molecular formula is C16H24N6O2. The highest BCUT2D eigenvalue weighted by Gasteiger charge is 2.23. The first kappa shape index (κ1) is 16.5. The van der Waals surface area contributed by atoms with Crippen LogP contribution in [0.2, 0.25) is 0 Å². The summed E-state index contributed by atoms with van der Waals surface area (Å²) in [7, 11) is 1.63. The highest BCUT2D eigenvalue weighted by atomic mass is 16.5. The highest BCUT2D eigenvalue weighted by molar-refractivity contribution is 5.74. The molecule has 2 aromatic heterocycles. The van der Waals surface area contributed by atoms with Crippen molar-refractivity contribution in [3.05, 3.63) is 36.2 Å². The third-order valence-corrected chi connectivity index (χ3v) is 4.24. The van der Waals surface area contributed by atoms with Gasteiger partial charge in [-0.15, -0.1) is 0 Å². The Hall–Kier alpha value is -2.35. The largest absolute Gasteiger partial charge is 0.378 e. The summed E-state index contributed by atoms with van der Waals surface area (Å²) >= 11 is 0. The van der Waals surface area contributed by atoms with Crippen LogP contribution in [0, 0.1) is 5.92 Å². The molecule has 2 amide bonds. The molecule has 24 heavy (non-hydrogen) atoms. The van der Waals surface area contributed by atoms with E-state index in [0.29, 0.717) is 19.1 Å². The number of carbonyl (C=O) groups excluding carboxylic acids is 1. The summed E-state index contributed by atoms with van der Waals surface area (Å²) in [6.07, 6.45) is 7.76. The first-order valence-corrected chi connectivity index (χ1v) is 8.25. The van der Waals surface area contributed by atoms with Crippen molar-refractivity contribution >= 4 is 6.03 Å². The van der Waals surface area contributed by atoms with Crippen LogP contribution >= 0.6 is 0 Å². The summed E-state index contributed by atoms with van der Waals surface area (Å²) in [5.74, 6) is 0.471. The molecule has 1 aliphatic heterocycles. The lowest BCUT2D eigenvalue weighted by molar-refractivity contribution is 0.159. The number of nitrogens with zero attached hydrogens (tertiary/aromatic N) is 4. The Balaban J connectivity index is 1.47. The number of methoxy groups -OCH3 is 1. The summed E-state index contributed by atoms with van der Waals surface area (Å²) in [6, 6.07) is 1.88. The molecule has 0 bridgehead atoms. The number of carbonyl (C=O) groups is 1. The number of imidazole rings is 1. The Labute approximate surface area is 141 Å². The Morgan fingerprint density at radius 2 is 2.46 bits per heavy atom. The van der Waals surface area contributed by atoms with Crippen molar-refractivity contribution in [3.63, 3.8) is 0 Å². The van der Waals surface area contributed by atoms with E-state index < -0.39 is 0 Å². The molecule has 1 fully saturated rings. The number of aromatic amines is 1. The summed E-state index contributed by atoms with van der Waals surface area (Å²) < 4.78 is 7.11. The van der Waals surface area contributed by atoms with E-state index in [2.05, 4.69) is 25.1 Å². The van der Waals surface area contributed by atoms with E-state index in [1.807, 2.05) is 23.5 Å². The smallest absolute Gasteiger partial charge is 0.317 e. The fraction of sp³-hybridized carbons (Fsp3) is 0.562. The molecule has 1 atom stereocenters. The summed E-state index contributed by atoms with van der Waals surface area (Å²) in [5.41, 5.74) is 1.71. The van der Waals surface area contributed by atoms with Gasteiger partial charge in [-0.1, -0.05) is 0 Å². The molecule has 2 N–H and O–H groups in total. The number of hydrogen-bond donors (Lipinski definition) is 2. The van der Waals surface area contributed by atoms with E-state index >= 15 is 0 Å². The Kier molecular flexibility index (Phi) is 5.47. The van der Waals surface area contributed by atoms with Gasteiger partial charge in [-0.3, -0.25) is 5.10 Å². The van der Waals surface area contributed by atoms with E-state index in [-0.39, 0.29) is 6.03 Å². The molecule has 1 saturated heterocycles. The van der Waals surface area contributed by atoms with Crippen LogP contribution < -0.4 is 5.32 Å². The summed E-state index contributed by atoms with van der Waals surface area (Å²) in [6.45, 7) is 3.40. The number of likely N-dealkylation sites (tertiary alicyclic amines) is 1. The average molecular weight is 332 g/mol. The number of urea groups is 1. The fourth-order valence-electron chi connectivity index (χ4n) is 3.10. The van der Waals surface area contributed by atoms with Gasteiger partial charge in [0.25, 0.3) is 0 Å². The lowest BCUT2D eigenvalue weighted by Gasteiger charge is -2.32. The Morgan fingerprint density at radius 1 is 1.54 bits per heavy atom. The quantitative estimate of drug-likeness (QED) is 0.836. The van der Waals surface area contributed by atoms with Crippen LogP contribution in [0.3, 0.4) is 0 Å². The highest BCUT2D eigenvalue weighted by Crippen LogP contribution is 2.18. The molecule has 2 aromatic rings. The van der Waals surface area contributed by atoms with E-state index in [9.17, 15) is 4.79 Å². The van der Waals surface area contributed by atoms with Crippen molar-refractivity contribution in [2.75, 3.05) is 20.2 Å². The second-order valence-corrected chi connectivity index (χ2v) is 6.19.